The molecule has 3 aromatic carbocycles. The average Bonchev–Trinajstić information content (AvgIpc) is 2.85. The van der Waals surface area contributed by atoms with E-state index in [4.69, 9.17) is 4.74 Å². The van der Waals surface area contributed by atoms with Crippen LogP contribution in [-0.4, -0.2) is 44.5 Å². The van der Waals surface area contributed by atoms with Crippen molar-refractivity contribution in [1.29, 1.82) is 0 Å². The second-order valence-electron chi connectivity index (χ2n) is 8.34. The molecule has 0 aromatic heterocycles. The molecule has 10 heteroatoms. The molecule has 0 spiro atoms. The summed E-state index contributed by atoms with van der Waals surface area (Å²) in [6.07, 6.45) is 0.431. The van der Waals surface area contributed by atoms with E-state index in [1.54, 1.807) is 24.3 Å². The van der Waals surface area contributed by atoms with E-state index < -0.39 is 46.1 Å². The molecule has 3 aromatic rings. The third-order valence-corrected chi connectivity index (χ3v) is 6.68. The van der Waals surface area contributed by atoms with E-state index in [9.17, 15) is 22.8 Å². The van der Waals surface area contributed by atoms with Crippen LogP contribution < -0.4 is 15.4 Å². The fraction of sp³-hybridized carbons (Fsp3) is 0.192. The van der Waals surface area contributed by atoms with Crippen LogP contribution in [0.4, 0.5) is 0 Å². The molecule has 4 rings (SSSR count). The third kappa shape index (κ3) is 6.35. The molecule has 1 heterocycles. The highest BCUT2D eigenvalue weighted by Crippen LogP contribution is 2.18. The van der Waals surface area contributed by atoms with Gasteiger partial charge in [-0.1, -0.05) is 72.8 Å². The number of ether oxygens (including phenoxy) is 1. The summed E-state index contributed by atoms with van der Waals surface area (Å²) in [7, 11) is -4.03. The summed E-state index contributed by atoms with van der Waals surface area (Å²) in [6.45, 7) is 1.18. The molecule has 0 aliphatic carbocycles. The van der Waals surface area contributed by atoms with Gasteiger partial charge in [0.15, 0.2) is 6.04 Å². The first-order valence-electron chi connectivity index (χ1n) is 11.2. The highest BCUT2D eigenvalue weighted by molar-refractivity contribution is 7.92. The van der Waals surface area contributed by atoms with Crippen LogP contribution in [0.5, 0.6) is 0 Å². The van der Waals surface area contributed by atoms with Gasteiger partial charge in [0.1, 0.15) is 6.04 Å². The van der Waals surface area contributed by atoms with E-state index in [0.717, 1.165) is 21.7 Å². The normalized spacial score (nSPS) is 18.3. The zero-order valence-electron chi connectivity index (χ0n) is 19.4. The zero-order valence-corrected chi connectivity index (χ0v) is 20.2. The smallest absolute Gasteiger partial charge is 0.304 e. The molecular formula is C26H25N3O6S. The van der Waals surface area contributed by atoms with Crippen LogP contribution in [0, 0.1) is 0 Å². The van der Waals surface area contributed by atoms with Crippen molar-refractivity contribution < 1.29 is 27.5 Å². The highest BCUT2D eigenvalue weighted by atomic mass is 32.2. The number of benzene rings is 3. The van der Waals surface area contributed by atoms with Crippen molar-refractivity contribution in [2.75, 3.05) is 0 Å². The first-order valence-corrected chi connectivity index (χ1v) is 12.8. The van der Waals surface area contributed by atoms with E-state index >= 15 is 0 Å². The van der Waals surface area contributed by atoms with E-state index in [0.29, 0.717) is 5.56 Å². The minimum absolute atomic E-state index is 0.0294. The Kier molecular flexibility index (Phi) is 7.47. The van der Waals surface area contributed by atoms with Crippen LogP contribution >= 0.6 is 0 Å². The van der Waals surface area contributed by atoms with Crippen LogP contribution in [0.3, 0.4) is 0 Å². The summed E-state index contributed by atoms with van der Waals surface area (Å²) in [4.78, 5) is 36.4. The van der Waals surface area contributed by atoms with Gasteiger partial charge in [-0.15, -0.1) is 0 Å². The maximum Gasteiger partial charge on any atom is 0.304 e. The maximum absolute atomic E-state index is 13.2. The Bertz CT molecular complexity index is 1420. The number of carbonyl (C=O) groups is 3. The van der Waals surface area contributed by atoms with Gasteiger partial charge in [-0.05, 0) is 34.4 Å². The van der Waals surface area contributed by atoms with Crippen molar-refractivity contribution in [3.63, 3.8) is 0 Å². The standard InChI is InChI=1S/C26H25N3O6S/c1-17(30)35-26-23(25(32)28-26)27-24(31)22(16-19-11-12-20-9-5-6-10-21(20)15-19)29-36(33,34)14-13-18-7-3-2-4-8-18/h2-15,22-23,26,29H,16H2,1H3,(H,27,31)(H,28,32)/b14-13+/t22-,23+,26-/m0/s1. The van der Waals surface area contributed by atoms with Crippen molar-refractivity contribution in [2.24, 2.45) is 0 Å². The number of rotatable bonds is 9. The molecule has 1 fully saturated rings. The lowest BCUT2D eigenvalue weighted by molar-refractivity contribution is -0.164. The lowest BCUT2D eigenvalue weighted by atomic mass is 10.0. The molecule has 0 bridgehead atoms. The lowest BCUT2D eigenvalue weighted by Crippen LogP contribution is -2.71. The van der Waals surface area contributed by atoms with Crippen LogP contribution in [-0.2, 0) is 35.6 Å². The fourth-order valence-corrected chi connectivity index (χ4v) is 4.79. The molecule has 3 atom stereocenters. The molecule has 0 radical (unpaired) electrons. The molecule has 0 saturated carbocycles. The average molecular weight is 508 g/mol. The quantitative estimate of drug-likeness (QED) is 0.299. The number of amides is 2. The van der Waals surface area contributed by atoms with Crippen LogP contribution in [0.2, 0.25) is 0 Å². The number of carbonyl (C=O) groups excluding carboxylic acids is 3. The predicted molar refractivity (Wildman–Crippen MR) is 135 cm³/mol. The van der Waals surface area contributed by atoms with Crippen molar-refractivity contribution in [1.82, 2.24) is 15.4 Å². The first-order chi connectivity index (χ1) is 17.2. The molecule has 3 N–H and O–H groups in total. The van der Waals surface area contributed by atoms with Crippen molar-refractivity contribution in [3.05, 3.63) is 89.3 Å². The van der Waals surface area contributed by atoms with Gasteiger partial charge in [0.05, 0.1) is 0 Å². The second-order valence-corrected chi connectivity index (χ2v) is 9.94. The summed E-state index contributed by atoms with van der Waals surface area (Å²) in [5.41, 5.74) is 1.40. The Morgan fingerprint density at radius 2 is 1.72 bits per heavy atom. The summed E-state index contributed by atoms with van der Waals surface area (Å²) in [6, 6.07) is 19.7. The van der Waals surface area contributed by atoms with Crippen molar-refractivity contribution in [2.45, 2.75) is 31.7 Å². The van der Waals surface area contributed by atoms with Gasteiger partial charge in [0.25, 0.3) is 5.91 Å². The summed E-state index contributed by atoms with van der Waals surface area (Å²) in [5, 5.41) is 7.80. The van der Waals surface area contributed by atoms with Gasteiger partial charge in [0.2, 0.25) is 22.2 Å². The number of esters is 1. The number of fused-ring (bicyclic) bond motifs is 1. The lowest BCUT2D eigenvalue weighted by Gasteiger charge is -2.36. The van der Waals surface area contributed by atoms with E-state index in [1.807, 2.05) is 48.5 Å². The summed E-state index contributed by atoms with van der Waals surface area (Å²) >= 11 is 0. The van der Waals surface area contributed by atoms with Crippen LogP contribution in [0.15, 0.2) is 78.2 Å². The summed E-state index contributed by atoms with van der Waals surface area (Å²) in [5.74, 6) is -1.89. The number of sulfonamides is 1. The second kappa shape index (κ2) is 10.7. The number of hydrogen-bond acceptors (Lipinski definition) is 6. The van der Waals surface area contributed by atoms with Gasteiger partial charge in [0, 0.05) is 12.3 Å². The molecule has 0 unspecified atom stereocenters. The molecule has 1 aliphatic rings. The minimum atomic E-state index is -4.03. The Morgan fingerprint density at radius 3 is 2.42 bits per heavy atom. The monoisotopic (exact) mass is 507 g/mol. The molecule has 36 heavy (non-hydrogen) atoms. The van der Waals surface area contributed by atoms with Gasteiger partial charge >= 0.3 is 5.97 Å². The van der Waals surface area contributed by atoms with Gasteiger partial charge in [-0.2, -0.15) is 4.72 Å². The Balaban J connectivity index is 1.56. The molecular weight excluding hydrogens is 482 g/mol. The first kappa shape index (κ1) is 25.1. The maximum atomic E-state index is 13.2. The van der Waals surface area contributed by atoms with Crippen LogP contribution in [0.25, 0.3) is 16.8 Å². The molecule has 1 aliphatic heterocycles. The SMILES string of the molecule is CC(=O)O[C@@H]1NC(=O)[C@H]1NC(=O)[C@H](Cc1ccc2ccccc2c1)NS(=O)(=O)/C=C/c1ccccc1. The van der Waals surface area contributed by atoms with Gasteiger partial charge in [-0.25, -0.2) is 8.42 Å². The Labute approximate surface area is 208 Å². The number of β-lactam (4-membered cyclic amide) rings is 1. The van der Waals surface area contributed by atoms with E-state index in [1.165, 1.54) is 13.0 Å². The van der Waals surface area contributed by atoms with Crippen molar-refractivity contribution >= 4 is 44.7 Å². The topological polar surface area (TPSA) is 131 Å². The highest BCUT2D eigenvalue weighted by Gasteiger charge is 2.44. The fourth-order valence-electron chi connectivity index (χ4n) is 3.79. The predicted octanol–water partition coefficient (Wildman–Crippen LogP) is 1.85. The van der Waals surface area contributed by atoms with Crippen LogP contribution in [0.1, 0.15) is 18.1 Å². The van der Waals surface area contributed by atoms with Gasteiger partial charge < -0.3 is 15.4 Å². The molecule has 2 amide bonds. The molecule has 9 nitrogen and oxygen atoms in total. The Hall–Kier alpha value is -4.02. The van der Waals surface area contributed by atoms with Crippen molar-refractivity contribution in [3.8, 4) is 0 Å². The zero-order chi connectivity index (χ0) is 25.7. The third-order valence-electron chi connectivity index (χ3n) is 5.58. The number of nitrogens with one attached hydrogen (secondary N) is 3. The van der Waals surface area contributed by atoms with E-state index in [-0.39, 0.29) is 6.42 Å². The van der Waals surface area contributed by atoms with E-state index in [2.05, 4.69) is 15.4 Å². The minimum Gasteiger partial charge on any atom is -0.439 e. The largest absolute Gasteiger partial charge is 0.439 e. The van der Waals surface area contributed by atoms with Gasteiger partial charge in [-0.3, -0.25) is 14.4 Å². The number of hydrogen-bond donors (Lipinski definition) is 3. The molecule has 1 saturated heterocycles. The summed E-state index contributed by atoms with van der Waals surface area (Å²) < 4.78 is 33.1. The Morgan fingerprint density at radius 1 is 1.03 bits per heavy atom. The molecule has 186 valence electrons.